The van der Waals surface area contributed by atoms with Gasteiger partial charge in [0.1, 0.15) is 5.82 Å². The average molecular weight is 287 g/mol. The lowest BCUT2D eigenvalue weighted by atomic mass is 10.2. The molecule has 0 saturated heterocycles. The van der Waals surface area contributed by atoms with E-state index in [9.17, 15) is 4.79 Å². The number of Topliss-reactive ketones (excluding diaryl/α,β-unsaturated/α-hetero) is 1. The van der Waals surface area contributed by atoms with Crippen molar-refractivity contribution in [3.8, 4) is 0 Å². The minimum absolute atomic E-state index is 0.140. The molecule has 0 amide bonds. The van der Waals surface area contributed by atoms with Crippen LogP contribution in [0.15, 0.2) is 35.5 Å². The normalized spacial score (nSPS) is 14.6. The summed E-state index contributed by atoms with van der Waals surface area (Å²) in [6.45, 7) is 0.976. The van der Waals surface area contributed by atoms with Crippen molar-refractivity contribution in [1.82, 2.24) is 14.8 Å². The second-order valence-corrected chi connectivity index (χ2v) is 5.88. The Labute approximate surface area is 122 Å². The van der Waals surface area contributed by atoms with Gasteiger partial charge in [0.05, 0.1) is 5.75 Å². The quantitative estimate of drug-likeness (QED) is 0.640. The van der Waals surface area contributed by atoms with Gasteiger partial charge < -0.3 is 4.57 Å². The van der Waals surface area contributed by atoms with Crippen LogP contribution in [0, 0.1) is 0 Å². The Balaban J connectivity index is 1.67. The maximum absolute atomic E-state index is 12.1. The number of fused-ring (bicyclic) bond motifs is 1. The summed E-state index contributed by atoms with van der Waals surface area (Å²) in [6.07, 6.45) is 4.60. The van der Waals surface area contributed by atoms with Crippen molar-refractivity contribution in [1.29, 1.82) is 0 Å². The van der Waals surface area contributed by atoms with E-state index in [1.807, 2.05) is 30.3 Å². The first-order valence-corrected chi connectivity index (χ1v) is 7.96. The predicted octanol–water partition coefficient (Wildman–Crippen LogP) is 2.98. The molecule has 3 rings (SSSR count). The van der Waals surface area contributed by atoms with Crippen molar-refractivity contribution in [2.45, 2.75) is 37.4 Å². The molecule has 104 valence electrons. The van der Waals surface area contributed by atoms with Crippen molar-refractivity contribution in [3.63, 3.8) is 0 Å². The largest absolute Gasteiger partial charge is 0.306 e. The first kappa shape index (κ1) is 13.4. The highest BCUT2D eigenvalue weighted by molar-refractivity contribution is 7.99. The van der Waals surface area contributed by atoms with E-state index in [-0.39, 0.29) is 5.78 Å². The van der Waals surface area contributed by atoms with Gasteiger partial charge in [-0.2, -0.15) is 0 Å². The number of aromatic nitrogens is 3. The van der Waals surface area contributed by atoms with Crippen LogP contribution in [0.3, 0.4) is 0 Å². The highest BCUT2D eigenvalue weighted by Gasteiger charge is 2.16. The predicted molar refractivity (Wildman–Crippen MR) is 79.1 cm³/mol. The van der Waals surface area contributed by atoms with Crippen molar-refractivity contribution < 1.29 is 4.79 Å². The summed E-state index contributed by atoms with van der Waals surface area (Å²) in [5.74, 6) is 1.63. The maximum atomic E-state index is 12.1. The van der Waals surface area contributed by atoms with Gasteiger partial charge in [0.15, 0.2) is 10.9 Å². The van der Waals surface area contributed by atoms with Crippen LogP contribution in [-0.4, -0.2) is 26.3 Å². The number of carbonyl (C=O) groups is 1. The van der Waals surface area contributed by atoms with E-state index in [1.54, 1.807) is 0 Å². The number of ketones is 1. The molecule has 0 saturated carbocycles. The third kappa shape index (κ3) is 2.93. The van der Waals surface area contributed by atoms with Crippen molar-refractivity contribution >= 4 is 17.5 Å². The molecule has 1 aromatic carbocycles. The lowest BCUT2D eigenvalue weighted by molar-refractivity contribution is 0.102. The Bertz CT molecular complexity index is 594. The zero-order valence-corrected chi connectivity index (χ0v) is 12.1. The molecule has 0 radical (unpaired) electrons. The van der Waals surface area contributed by atoms with Crippen molar-refractivity contribution in [3.05, 3.63) is 41.7 Å². The minimum atomic E-state index is 0.140. The molecule has 20 heavy (non-hydrogen) atoms. The number of aryl methyl sites for hydroxylation is 1. The molecule has 0 N–H and O–H groups in total. The van der Waals surface area contributed by atoms with Gasteiger partial charge >= 0.3 is 0 Å². The van der Waals surface area contributed by atoms with Gasteiger partial charge in [-0.15, -0.1) is 10.2 Å². The van der Waals surface area contributed by atoms with Gasteiger partial charge in [-0.25, -0.2) is 0 Å². The molecule has 2 heterocycles. The monoisotopic (exact) mass is 287 g/mol. The SMILES string of the molecule is O=C(CSc1nnc2n1CCCCC2)c1ccccc1. The Kier molecular flexibility index (Phi) is 4.16. The Morgan fingerprint density at radius 2 is 2.00 bits per heavy atom. The molecular weight excluding hydrogens is 270 g/mol. The van der Waals surface area contributed by atoms with Gasteiger partial charge in [-0.1, -0.05) is 48.5 Å². The smallest absolute Gasteiger partial charge is 0.191 e. The zero-order valence-electron chi connectivity index (χ0n) is 11.3. The number of rotatable bonds is 4. The van der Waals surface area contributed by atoms with E-state index in [0.717, 1.165) is 29.5 Å². The maximum Gasteiger partial charge on any atom is 0.191 e. The van der Waals surface area contributed by atoms with Crippen molar-refractivity contribution in [2.75, 3.05) is 5.75 Å². The molecule has 0 aliphatic carbocycles. The summed E-state index contributed by atoms with van der Waals surface area (Å²) < 4.78 is 2.18. The highest BCUT2D eigenvalue weighted by Crippen LogP contribution is 2.22. The standard InChI is InChI=1S/C15H17N3OS/c19-13(12-7-3-1-4-8-12)11-20-15-17-16-14-9-5-2-6-10-18(14)15/h1,3-4,7-8H,2,5-6,9-11H2. The van der Waals surface area contributed by atoms with Gasteiger partial charge in [0.25, 0.3) is 0 Å². The van der Waals surface area contributed by atoms with Gasteiger partial charge in [-0.05, 0) is 12.8 Å². The fourth-order valence-corrected chi connectivity index (χ4v) is 3.28. The van der Waals surface area contributed by atoms with Crippen LogP contribution in [0.1, 0.15) is 35.4 Å². The van der Waals surface area contributed by atoms with Crippen LogP contribution in [-0.2, 0) is 13.0 Å². The van der Waals surface area contributed by atoms with Crippen LogP contribution in [0.25, 0.3) is 0 Å². The van der Waals surface area contributed by atoms with Gasteiger partial charge in [-0.3, -0.25) is 4.79 Å². The van der Waals surface area contributed by atoms with E-state index in [1.165, 1.54) is 31.0 Å². The molecular formula is C15H17N3OS. The molecule has 4 nitrogen and oxygen atoms in total. The molecule has 1 aliphatic heterocycles. The number of carbonyl (C=O) groups excluding carboxylic acids is 1. The first-order valence-electron chi connectivity index (χ1n) is 6.98. The van der Waals surface area contributed by atoms with E-state index in [4.69, 9.17) is 0 Å². The summed E-state index contributed by atoms with van der Waals surface area (Å²) in [6, 6.07) is 9.41. The van der Waals surface area contributed by atoms with E-state index >= 15 is 0 Å². The fourth-order valence-electron chi connectivity index (χ4n) is 2.40. The molecule has 5 heteroatoms. The Hall–Kier alpha value is -1.62. The summed E-state index contributed by atoms with van der Waals surface area (Å²) in [7, 11) is 0. The van der Waals surface area contributed by atoms with E-state index in [2.05, 4.69) is 14.8 Å². The Morgan fingerprint density at radius 3 is 2.85 bits per heavy atom. The summed E-state index contributed by atoms with van der Waals surface area (Å²) in [5, 5.41) is 9.36. The topological polar surface area (TPSA) is 47.8 Å². The summed E-state index contributed by atoms with van der Waals surface area (Å²) in [5.41, 5.74) is 0.760. The third-order valence-electron chi connectivity index (χ3n) is 3.50. The lowest BCUT2D eigenvalue weighted by Crippen LogP contribution is -2.06. The number of hydrogen-bond donors (Lipinski definition) is 0. The molecule has 1 aromatic heterocycles. The highest BCUT2D eigenvalue weighted by atomic mass is 32.2. The summed E-state index contributed by atoms with van der Waals surface area (Å²) in [4.78, 5) is 12.1. The molecule has 0 unspecified atom stereocenters. The molecule has 2 aromatic rings. The number of thioether (sulfide) groups is 1. The number of benzene rings is 1. The van der Waals surface area contributed by atoms with Gasteiger partial charge in [0, 0.05) is 18.5 Å². The van der Waals surface area contributed by atoms with Crippen LogP contribution < -0.4 is 0 Å². The molecule has 0 spiro atoms. The third-order valence-corrected chi connectivity index (χ3v) is 4.47. The van der Waals surface area contributed by atoms with E-state index in [0.29, 0.717) is 5.75 Å². The fraction of sp³-hybridized carbons (Fsp3) is 0.400. The molecule has 0 atom stereocenters. The van der Waals surface area contributed by atoms with Crippen LogP contribution in [0.4, 0.5) is 0 Å². The number of hydrogen-bond acceptors (Lipinski definition) is 4. The minimum Gasteiger partial charge on any atom is -0.306 e. The lowest BCUT2D eigenvalue weighted by Gasteiger charge is -2.06. The molecule has 0 bridgehead atoms. The van der Waals surface area contributed by atoms with Crippen molar-refractivity contribution in [2.24, 2.45) is 0 Å². The first-order chi connectivity index (χ1) is 9.84. The molecule has 1 aliphatic rings. The van der Waals surface area contributed by atoms with E-state index < -0.39 is 0 Å². The van der Waals surface area contributed by atoms with Crippen LogP contribution >= 0.6 is 11.8 Å². The average Bonchev–Trinajstić information content (AvgIpc) is 2.72. The zero-order chi connectivity index (χ0) is 13.8. The van der Waals surface area contributed by atoms with Crippen LogP contribution in [0.2, 0.25) is 0 Å². The second-order valence-electron chi connectivity index (χ2n) is 4.94. The van der Waals surface area contributed by atoms with Gasteiger partial charge in [0.2, 0.25) is 0 Å². The molecule has 0 fully saturated rings. The number of nitrogens with zero attached hydrogens (tertiary/aromatic N) is 3. The summed E-state index contributed by atoms with van der Waals surface area (Å²) >= 11 is 1.49. The Morgan fingerprint density at radius 1 is 1.15 bits per heavy atom. The second kappa shape index (κ2) is 6.22. The van der Waals surface area contributed by atoms with Crippen LogP contribution in [0.5, 0.6) is 0 Å².